The fourth-order valence-electron chi connectivity index (χ4n) is 5.10. The molecule has 0 amide bonds. The van der Waals surface area contributed by atoms with Gasteiger partial charge in [0, 0.05) is 12.6 Å². The van der Waals surface area contributed by atoms with Crippen LogP contribution in [0.2, 0.25) is 0 Å². The standard InChI is InChI=1S/C17H32N2/c1-2-8-17(9-11-18-12-10-17)14-19-13-7-15-5-3-4-6-16(15)19/h15-16,18H,2-14H2,1H3. The van der Waals surface area contributed by atoms with E-state index in [0.717, 1.165) is 12.0 Å². The summed E-state index contributed by atoms with van der Waals surface area (Å²) < 4.78 is 0. The molecular formula is C17H32N2. The molecule has 2 unspecified atom stereocenters. The first-order chi connectivity index (χ1) is 9.33. The second-order valence-electron chi connectivity index (χ2n) is 7.37. The van der Waals surface area contributed by atoms with Crippen molar-refractivity contribution in [3.63, 3.8) is 0 Å². The fraction of sp³-hybridized carbons (Fsp3) is 1.00. The highest BCUT2D eigenvalue weighted by Crippen LogP contribution is 2.41. The van der Waals surface area contributed by atoms with E-state index < -0.39 is 0 Å². The molecule has 2 nitrogen and oxygen atoms in total. The van der Waals surface area contributed by atoms with Crippen LogP contribution in [0.4, 0.5) is 0 Å². The molecule has 1 N–H and O–H groups in total. The molecule has 2 heterocycles. The van der Waals surface area contributed by atoms with Crippen molar-refractivity contribution in [1.29, 1.82) is 0 Å². The zero-order valence-corrected chi connectivity index (χ0v) is 12.8. The van der Waals surface area contributed by atoms with Crippen LogP contribution in [0.15, 0.2) is 0 Å². The monoisotopic (exact) mass is 264 g/mol. The van der Waals surface area contributed by atoms with E-state index >= 15 is 0 Å². The molecule has 0 bridgehead atoms. The van der Waals surface area contributed by atoms with Crippen LogP contribution < -0.4 is 5.32 Å². The minimum Gasteiger partial charge on any atom is -0.317 e. The average Bonchev–Trinajstić information content (AvgIpc) is 2.83. The minimum atomic E-state index is 0.645. The summed E-state index contributed by atoms with van der Waals surface area (Å²) in [6.07, 6.45) is 13.1. The van der Waals surface area contributed by atoms with Crippen molar-refractivity contribution >= 4 is 0 Å². The lowest BCUT2D eigenvalue weighted by Crippen LogP contribution is -2.47. The van der Waals surface area contributed by atoms with E-state index in [1.165, 1.54) is 84.0 Å². The zero-order valence-electron chi connectivity index (χ0n) is 12.8. The summed E-state index contributed by atoms with van der Waals surface area (Å²) >= 11 is 0. The maximum Gasteiger partial charge on any atom is 0.0124 e. The van der Waals surface area contributed by atoms with E-state index in [9.17, 15) is 0 Å². The lowest BCUT2D eigenvalue weighted by molar-refractivity contribution is 0.0762. The number of piperidine rings is 1. The molecule has 2 saturated heterocycles. The van der Waals surface area contributed by atoms with Gasteiger partial charge in [0.25, 0.3) is 0 Å². The Balaban J connectivity index is 1.64. The third kappa shape index (κ3) is 3.00. The van der Waals surface area contributed by atoms with E-state index in [1.54, 1.807) is 0 Å². The maximum absolute atomic E-state index is 3.56. The van der Waals surface area contributed by atoms with Crippen LogP contribution in [-0.2, 0) is 0 Å². The molecule has 3 rings (SSSR count). The van der Waals surface area contributed by atoms with Crippen LogP contribution in [0.1, 0.15) is 64.7 Å². The molecule has 110 valence electrons. The molecule has 0 aromatic rings. The third-order valence-corrected chi connectivity index (χ3v) is 6.11. The Morgan fingerprint density at radius 2 is 1.89 bits per heavy atom. The van der Waals surface area contributed by atoms with Gasteiger partial charge in [0.1, 0.15) is 0 Å². The van der Waals surface area contributed by atoms with Crippen molar-refractivity contribution in [2.24, 2.45) is 11.3 Å². The third-order valence-electron chi connectivity index (χ3n) is 6.11. The van der Waals surface area contributed by atoms with Crippen molar-refractivity contribution < 1.29 is 0 Å². The topological polar surface area (TPSA) is 15.3 Å². The molecule has 0 aromatic carbocycles. The second kappa shape index (κ2) is 6.13. The van der Waals surface area contributed by atoms with Crippen LogP contribution in [0.5, 0.6) is 0 Å². The SMILES string of the molecule is CCCC1(CN2CCC3CCCCC32)CCNCC1. The Morgan fingerprint density at radius 1 is 1.11 bits per heavy atom. The van der Waals surface area contributed by atoms with Crippen LogP contribution in [0, 0.1) is 11.3 Å². The largest absolute Gasteiger partial charge is 0.317 e. The molecule has 0 radical (unpaired) electrons. The van der Waals surface area contributed by atoms with E-state index in [0.29, 0.717) is 5.41 Å². The van der Waals surface area contributed by atoms with Crippen molar-refractivity contribution in [1.82, 2.24) is 10.2 Å². The first-order valence-corrected chi connectivity index (χ1v) is 8.78. The number of hydrogen-bond acceptors (Lipinski definition) is 2. The van der Waals surface area contributed by atoms with Gasteiger partial charge in [-0.2, -0.15) is 0 Å². The van der Waals surface area contributed by atoms with Gasteiger partial charge in [-0.1, -0.05) is 26.2 Å². The summed E-state index contributed by atoms with van der Waals surface area (Å²) in [7, 11) is 0. The smallest absolute Gasteiger partial charge is 0.0124 e. The normalized spacial score (nSPS) is 35.2. The van der Waals surface area contributed by atoms with Crippen LogP contribution in [-0.4, -0.2) is 37.1 Å². The molecule has 3 aliphatic rings. The van der Waals surface area contributed by atoms with Gasteiger partial charge in [-0.25, -0.2) is 0 Å². The lowest BCUT2D eigenvalue weighted by atomic mass is 9.74. The molecule has 1 aliphatic carbocycles. The Kier molecular flexibility index (Phi) is 4.48. The Bertz CT molecular complexity index is 277. The Morgan fingerprint density at radius 3 is 2.68 bits per heavy atom. The number of likely N-dealkylation sites (tertiary alicyclic amines) is 1. The van der Waals surface area contributed by atoms with Crippen molar-refractivity contribution in [2.75, 3.05) is 26.2 Å². The number of fused-ring (bicyclic) bond motifs is 1. The molecule has 3 fully saturated rings. The highest BCUT2D eigenvalue weighted by Gasteiger charge is 2.40. The van der Waals surface area contributed by atoms with Gasteiger partial charge in [0.05, 0.1) is 0 Å². The average molecular weight is 264 g/mol. The number of nitrogens with zero attached hydrogens (tertiary/aromatic N) is 1. The lowest BCUT2D eigenvalue weighted by Gasteiger charge is -2.43. The Labute approximate surface area is 119 Å². The summed E-state index contributed by atoms with van der Waals surface area (Å²) in [5.74, 6) is 1.05. The van der Waals surface area contributed by atoms with Gasteiger partial charge >= 0.3 is 0 Å². The summed E-state index contributed by atoms with van der Waals surface area (Å²) in [5.41, 5.74) is 0.645. The van der Waals surface area contributed by atoms with E-state index in [4.69, 9.17) is 0 Å². The number of nitrogens with one attached hydrogen (secondary N) is 1. The summed E-state index contributed by atoms with van der Waals surface area (Å²) in [6, 6.07) is 0.956. The number of rotatable bonds is 4. The van der Waals surface area contributed by atoms with Crippen LogP contribution >= 0.6 is 0 Å². The predicted octanol–water partition coefficient (Wildman–Crippen LogP) is 3.42. The molecule has 2 heteroatoms. The van der Waals surface area contributed by atoms with Gasteiger partial charge in [-0.3, -0.25) is 4.90 Å². The summed E-state index contributed by atoms with van der Waals surface area (Å²) in [5, 5.41) is 3.56. The van der Waals surface area contributed by atoms with E-state index in [-0.39, 0.29) is 0 Å². The summed E-state index contributed by atoms with van der Waals surface area (Å²) in [6.45, 7) is 7.68. The predicted molar refractivity (Wildman–Crippen MR) is 81.4 cm³/mol. The molecule has 0 aromatic heterocycles. The van der Waals surface area contributed by atoms with Crippen molar-refractivity contribution in [3.8, 4) is 0 Å². The van der Waals surface area contributed by atoms with Crippen LogP contribution in [0.3, 0.4) is 0 Å². The fourth-order valence-corrected chi connectivity index (χ4v) is 5.10. The van der Waals surface area contributed by atoms with Gasteiger partial charge < -0.3 is 5.32 Å². The molecule has 2 aliphatic heterocycles. The van der Waals surface area contributed by atoms with Crippen molar-refractivity contribution in [3.05, 3.63) is 0 Å². The molecule has 1 saturated carbocycles. The summed E-state index contributed by atoms with van der Waals surface area (Å²) in [4.78, 5) is 2.91. The van der Waals surface area contributed by atoms with Crippen molar-refractivity contribution in [2.45, 2.75) is 70.8 Å². The molecule has 19 heavy (non-hydrogen) atoms. The highest BCUT2D eigenvalue weighted by atomic mass is 15.2. The Hall–Kier alpha value is -0.0800. The first kappa shape index (κ1) is 13.9. The molecule has 0 spiro atoms. The van der Waals surface area contributed by atoms with Crippen LogP contribution in [0.25, 0.3) is 0 Å². The quantitative estimate of drug-likeness (QED) is 0.837. The zero-order chi connectivity index (χ0) is 13.1. The number of hydrogen-bond donors (Lipinski definition) is 1. The van der Waals surface area contributed by atoms with Gasteiger partial charge in [0.15, 0.2) is 0 Å². The van der Waals surface area contributed by atoms with E-state index in [2.05, 4.69) is 17.1 Å². The van der Waals surface area contributed by atoms with Gasteiger partial charge in [0.2, 0.25) is 0 Å². The van der Waals surface area contributed by atoms with Gasteiger partial charge in [-0.15, -0.1) is 0 Å². The molecular weight excluding hydrogens is 232 g/mol. The first-order valence-electron chi connectivity index (χ1n) is 8.78. The maximum atomic E-state index is 3.56. The second-order valence-corrected chi connectivity index (χ2v) is 7.37. The van der Waals surface area contributed by atoms with E-state index in [1.807, 2.05) is 0 Å². The minimum absolute atomic E-state index is 0.645. The highest BCUT2D eigenvalue weighted by molar-refractivity contribution is 4.95. The van der Waals surface area contributed by atoms with Gasteiger partial charge in [-0.05, 0) is 69.5 Å². The molecule has 2 atom stereocenters.